The Labute approximate surface area is 56.5 Å². The van der Waals surface area contributed by atoms with Crippen LogP contribution in [0.15, 0.2) is 0 Å². The maximum Gasteiger partial charge on any atom is 0.205 e. The Morgan fingerprint density at radius 3 is 2.67 bits per heavy atom. The molecule has 0 saturated carbocycles. The number of terminal acetylenes is 1. The Balaban J connectivity index is 3.10. The second-order valence-electron chi connectivity index (χ2n) is 1.88. The lowest BCUT2D eigenvalue weighted by Gasteiger charge is -1.90. The number of unbranched alkanes of at least 4 members (excludes halogenated alkanes) is 2. The van der Waals surface area contributed by atoms with Crippen LogP contribution < -0.4 is 0 Å². The van der Waals surface area contributed by atoms with E-state index in [2.05, 4.69) is 12.8 Å². The third-order valence-corrected chi connectivity index (χ3v) is 1.06. The highest BCUT2D eigenvalue weighted by molar-refractivity contribution is 5.94. The van der Waals surface area contributed by atoms with Crippen LogP contribution in [0.2, 0.25) is 0 Å². The highest BCUT2D eigenvalue weighted by atomic mass is 16.1. The molecule has 49 valence electrons. The monoisotopic (exact) mass is 123 g/mol. The van der Waals surface area contributed by atoms with Gasteiger partial charge in [0.1, 0.15) is 0 Å². The van der Waals surface area contributed by atoms with Crippen LogP contribution in [-0.2, 0) is 4.79 Å². The van der Waals surface area contributed by atoms with Crippen LogP contribution in [0.1, 0.15) is 25.7 Å². The summed E-state index contributed by atoms with van der Waals surface area (Å²) in [5, 5.41) is 0. The zero-order chi connectivity index (χ0) is 7.11. The van der Waals surface area contributed by atoms with E-state index >= 15 is 0 Å². The van der Waals surface area contributed by atoms with Gasteiger partial charge in [-0.1, -0.05) is 19.8 Å². The summed E-state index contributed by atoms with van der Waals surface area (Å²) in [5.41, 5.74) is 0. The summed E-state index contributed by atoms with van der Waals surface area (Å²) >= 11 is 0. The van der Waals surface area contributed by atoms with Gasteiger partial charge in [0.2, 0.25) is 5.78 Å². The summed E-state index contributed by atoms with van der Waals surface area (Å²) in [6, 6.07) is 0. The maximum atomic E-state index is 10.4. The Bertz CT molecular complexity index is 119. The van der Waals surface area contributed by atoms with Gasteiger partial charge >= 0.3 is 0 Å². The van der Waals surface area contributed by atoms with Gasteiger partial charge in [0.15, 0.2) is 0 Å². The van der Waals surface area contributed by atoms with Crippen molar-refractivity contribution in [2.75, 3.05) is 0 Å². The van der Waals surface area contributed by atoms with Crippen molar-refractivity contribution in [3.63, 3.8) is 0 Å². The summed E-state index contributed by atoms with van der Waals surface area (Å²) in [7, 11) is 0. The number of carbonyl (C=O) groups is 1. The van der Waals surface area contributed by atoms with Crippen LogP contribution in [0, 0.1) is 19.3 Å². The first-order valence-corrected chi connectivity index (χ1v) is 3.10. The molecule has 0 aromatic heterocycles. The molecule has 0 fully saturated rings. The zero-order valence-corrected chi connectivity index (χ0v) is 5.52. The first kappa shape index (κ1) is 8.23. The molecule has 0 saturated heterocycles. The average molecular weight is 123 g/mol. The smallest absolute Gasteiger partial charge is 0.205 e. The van der Waals surface area contributed by atoms with Gasteiger partial charge < -0.3 is 0 Å². The van der Waals surface area contributed by atoms with Gasteiger partial charge in [-0.2, -0.15) is 0 Å². The summed E-state index contributed by atoms with van der Waals surface area (Å²) < 4.78 is 0. The molecule has 0 aliphatic rings. The Kier molecular flexibility index (Phi) is 4.91. The molecule has 0 bridgehead atoms. The summed E-state index contributed by atoms with van der Waals surface area (Å²) in [4.78, 5) is 10.4. The standard InChI is InChI=1S/C8H11O/c1-3-5-6-7-8(9)4-2/h2H,1,3,5-7H2. The molecule has 0 spiro atoms. The van der Waals surface area contributed by atoms with Crippen LogP contribution in [-0.4, -0.2) is 5.78 Å². The largest absolute Gasteiger partial charge is 0.285 e. The number of hydrogen-bond acceptors (Lipinski definition) is 1. The van der Waals surface area contributed by atoms with Gasteiger partial charge in [0.25, 0.3) is 0 Å². The van der Waals surface area contributed by atoms with Crippen molar-refractivity contribution in [2.24, 2.45) is 0 Å². The molecule has 0 aliphatic carbocycles. The van der Waals surface area contributed by atoms with E-state index in [1.54, 1.807) is 0 Å². The van der Waals surface area contributed by atoms with Gasteiger partial charge in [0.05, 0.1) is 0 Å². The molecule has 0 amide bonds. The molecule has 1 radical (unpaired) electrons. The second kappa shape index (κ2) is 5.37. The van der Waals surface area contributed by atoms with E-state index in [9.17, 15) is 4.79 Å². The van der Waals surface area contributed by atoms with Crippen LogP contribution in [0.25, 0.3) is 0 Å². The fourth-order valence-electron chi connectivity index (χ4n) is 0.535. The lowest BCUT2D eigenvalue weighted by atomic mass is 10.1. The average Bonchev–Trinajstić information content (AvgIpc) is 1.89. The van der Waals surface area contributed by atoms with Crippen molar-refractivity contribution in [3.05, 3.63) is 6.92 Å². The minimum absolute atomic E-state index is 0.0940. The first-order valence-electron chi connectivity index (χ1n) is 3.10. The maximum absolute atomic E-state index is 10.4. The van der Waals surface area contributed by atoms with Crippen LogP contribution >= 0.6 is 0 Å². The van der Waals surface area contributed by atoms with Crippen LogP contribution in [0.5, 0.6) is 0 Å². The minimum atomic E-state index is -0.0940. The molecule has 0 aliphatic heterocycles. The molecule has 0 rings (SSSR count). The molecule has 0 N–H and O–H groups in total. The van der Waals surface area contributed by atoms with E-state index < -0.39 is 0 Å². The summed E-state index contributed by atoms with van der Waals surface area (Å²) in [6.07, 6.45) is 8.12. The van der Waals surface area contributed by atoms with Crippen molar-refractivity contribution in [1.82, 2.24) is 0 Å². The van der Waals surface area contributed by atoms with Gasteiger partial charge in [-0.05, 0) is 12.3 Å². The van der Waals surface area contributed by atoms with Gasteiger partial charge in [-0.25, -0.2) is 0 Å². The quantitative estimate of drug-likeness (QED) is 0.315. The number of rotatable bonds is 4. The lowest BCUT2D eigenvalue weighted by Crippen LogP contribution is -1.91. The van der Waals surface area contributed by atoms with E-state index in [4.69, 9.17) is 6.42 Å². The SMILES string of the molecule is C#CC(=O)CCCC[CH2]. The lowest BCUT2D eigenvalue weighted by molar-refractivity contribution is -0.113. The van der Waals surface area contributed by atoms with Crippen molar-refractivity contribution in [1.29, 1.82) is 0 Å². The van der Waals surface area contributed by atoms with Crippen molar-refractivity contribution >= 4 is 5.78 Å². The molecular weight excluding hydrogens is 112 g/mol. The molecule has 9 heavy (non-hydrogen) atoms. The Morgan fingerprint density at radius 2 is 2.22 bits per heavy atom. The van der Waals surface area contributed by atoms with Crippen LogP contribution in [0.3, 0.4) is 0 Å². The van der Waals surface area contributed by atoms with Gasteiger partial charge in [0, 0.05) is 6.42 Å². The fraction of sp³-hybridized carbons (Fsp3) is 0.500. The van der Waals surface area contributed by atoms with Gasteiger partial charge in [-0.15, -0.1) is 6.42 Å². The molecule has 0 aromatic carbocycles. The Morgan fingerprint density at radius 1 is 1.56 bits per heavy atom. The van der Waals surface area contributed by atoms with Crippen molar-refractivity contribution in [2.45, 2.75) is 25.7 Å². The third kappa shape index (κ3) is 5.10. The Hall–Kier alpha value is -0.770. The highest BCUT2D eigenvalue weighted by Crippen LogP contribution is 1.97. The number of hydrogen-bond donors (Lipinski definition) is 0. The highest BCUT2D eigenvalue weighted by Gasteiger charge is 1.93. The topological polar surface area (TPSA) is 17.1 Å². The zero-order valence-electron chi connectivity index (χ0n) is 5.52. The predicted molar refractivity (Wildman–Crippen MR) is 37.7 cm³/mol. The molecule has 0 atom stereocenters. The molecule has 1 heteroatoms. The minimum Gasteiger partial charge on any atom is -0.285 e. The van der Waals surface area contributed by atoms with E-state index in [-0.39, 0.29) is 5.78 Å². The second-order valence-corrected chi connectivity index (χ2v) is 1.88. The van der Waals surface area contributed by atoms with Crippen molar-refractivity contribution in [3.8, 4) is 12.3 Å². The predicted octanol–water partition coefficient (Wildman–Crippen LogP) is 1.58. The molecule has 0 heterocycles. The normalized spacial score (nSPS) is 8.44. The fourth-order valence-corrected chi connectivity index (χ4v) is 0.535. The third-order valence-electron chi connectivity index (χ3n) is 1.06. The van der Waals surface area contributed by atoms with E-state index in [1.165, 1.54) is 0 Å². The van der Waals surface area contributed by atoms with E-state index in [0.717, 1.165) is 19.3 Å². The van der Waals surface area contributed by atoms with Gasteiger partial charge in [-0.3, -0.25) is 4.79 Å². The molecule has 1 nitrogen and oxygen atoms in total. The summed E-state index contributed by atoms with van der Waals surface area (Å²) in [6.45, 7) is 3.65. The van der Waals surface area contributed by atoms with E-state index in [0.29, 0.717) is 6.42 Å². The van der Waals surface area contributed by atoms with Crippen LogP contribution in [0.4, 0.5) is 0 Å². The van der Waals surface area contributed by atoms with E-state index in [1.807, 2.05) is 0 Å². The number of carbonyl (C=O) groups excluding carboxylic acids is 1. The number of Topliss-reactive ketones (excluding diaryl/α,β-unsaturated/α-hetero) is 1. The molecule has 0 aromatic rings. The summed E-state index contributed by atoms with van der Waals surface area (Å²) in [5.74, 6) is 1.97. The van der Waals surface area contributed by atoms with Crippen molar-refractivity contribution < 1.29 is 4.79 Å². The molecular formula is C8H11O. The molecule has 0 unspecified atom stereocenters. The first-order chi connectivity index (χ1) is 4.31. The number of ketones is 1.